The molecule has 0 radical (unpaired) electrons. The van der Waals surface area contributed by atoms with Gasteiger partial charge in [0, 0.05) is 33.4 Å². The van der Waals surface area contributed by atoms with Gasteiger partial charge in [0.05, 0.1) is 18.1 Å². The predicted octanol–water partition coefficient (Wildman–Crippen LogP) is -0.653. The van der Waals surface area contributed by atoms with Gasteiger partial charge in [0.2, 0.25) is 5.91 Å². The van der Waals surface area contributed by atoms with Crippen molar-refractivity contribution in [1.29, 1.82) is 0 Å². The summed E-state index contributed by atoms with van der Waals surface area (Å²) >= 11 is 0. The summed E-state index contributed by atoms with van der Waals surface area (Å²) < 4.78 is 10.7. The molecule has 4 atom stereocenters. The number of carbonyl (C=O) groups is 1. The standard InChI is InChI=1S/C11H23N3O3/c1-7(11(15)13-12)8(2)14-5-9(16-3)10(6-14)17-4/h7-10H,5-6,12H2,1-4H3,(H,13,15). The second-order valence-corrected chi connectivity index (χ2v) is 4.54. The summed E-state index contributed by atoms with van der Waals surface area (Å²) in [5.41, 5.74) is 2.19. The third-order valence-electron chi connectivity index (χ3n) is 3.70. The molecule has 1 amide bonds. The second kappa shape index (κ2) is 6.30. The Morgan fingerprint density at radius 2 is 1.76 bits per heavy atom. The summed E-state index contributed by atoms with van der Waals surface area (Å²) in [5.74, 6) is 4.84. The first kappa shape index (κ1) is 14.4. The fraction of sp³-hybridized carbons (Fsp3) is 0.909. The van der Waals surface area contributed by atoms with Gasteiger partial charge in [-0.15, -0.1) is 0 Å². The van der Waals surface area contributed by atoms with Crippen LogP contribution in [0, 0.1) is 5.92 Å². The Bertz CT molecular complexity index is 250. The molecular formula is C11H23N3O3. The number of hydrogen-bond acceptors (Lipinski definition) is 5. The van der Waals surface area contributed by atoms with E-state index in [2.05, 4.69) is 10.3 Å². The number of hydrazine groups is 1. The molecule has 1 aliphatic rings. The molecular weight excluding hydrogens is 222 g/mol. The zero-order chi connectivity index (χ0) is 13.0. The minimum atomic E-state index is -0.159. The molecule has 1 fully saturated rings. The first-order valence-corrected chi connectivity index (χ1v) is 5.85. The number of carbonyl (C=O) groups excluding carboxylic acids is 1. The van der Waals surface area contributed by atoms with Crippen LogP contribution in [0.4, 0.5) is 0 Å². The summed E-state index contributed by atoms with van der Waals surface area (Å²) in [6.07, 6.45) is 0.131. The van der Waals surface area contributed by atoms with Crippen molar-refractivity contribution in [3.8, 4) is 0 Å². The molecule has 1 rings (SSSR count). The fourth-order valence-corrected chi connectivity index (χ4v) is 2.22. The van der Waals surface area contributed by atoms with Gasteiger partial charge in [0.1, 0.15) is 0 Å². The quantitative estimate of drug-likeness (QED) is 0.382. The van der Waals surface area contributed by atoms with Crippen molar-refractivity contribution >= 4 is 5.91 Å². The van der Waals surface area contributed by atoms with E-state index >= 15 is 0 Å². The first-order chi connectivity index (χ1) is 8.04. The van der Waals surface area contributed by atoms with E-state index in [-0.39, 0.29) is 30.1 Å². The molecule has 1 heterocycles. The van der Waals surface area contributed by atoms with Crippen LogP contribution in [-0.2, 0) is 14.3 Å². The van der Waals surface area contributed by atoms with Gasteiger partial charge in [-0.2, -0.15) is 0 Å². The summed E-state index contributed by atoms with van der Waals surface area (Å²) in [5, 5.41) is 0. The lowest BCUT2D eigenvalue weighted by atomic mass is 10.0. The van der Waals surface area contributed by atoms with Crippen LogP contribution in [0.25, 0.3) is 0 Å². The van der Waals surface area contributed by atoms with Crippen LogP contribution in [0.2, 0.25) is 0 Å². The van der Waals surface area contributed by atoms with Crippen LogP contribution in [0.1, 0.15) is 13.8 Å². The lowest BCUT2D eigenvalue weighted by Crippen LogP contribution is -2.45. The third-order valence-corrected chi connectivity index (χ3v) is 3.70. The maximum absolute atomic E-state index is 11.5. The fourth-order valence-electron chi connectivity index (χ4n) is 2.22. The van der Waals surface area contributed by atoms with E-state index < -0.39 is 0 Å². The van der Waals surface area contributed by atoms with Crippen LogP contribution in [0.5, 0.6) is 0 Å². The number of nitrogens with one attached hydrogen (secondary N) is 1. The summed E-state index contributed by atoms with van der Waals surface area (Å²) in [6, 6.07) is 0.108. The van der Waals surface area contributed by atoms with Crippen molar-refractivity contribution in [2.24, 2.45) is 11.8 Å². The molecule has 0 saturated carbocycles. The van der Waals surface area contributed by atoms with Gasteiger partial charge in [-0.3, -0.25) is 15.1 Å². The van der Waals surface area contributed by atoms with Crippen LogP contribution >= 0.6 is 0 Å². The molecule has 0 spiro atoms. The zero-order valence-electron chi connectivity index (χ0n) is 11.0. The molecule has 100 valence electrons. The predicted molar refractivity (Wildman–Crippen MR) is 64.1 cm³/mol. The van der Waals surface area contributed by atoms with Crippen molar-refractivity contribution in [2.75, 3.05) is 27.3 Å². The molecule has 0 aromatic rings. The molecule has 0 aliphatic carbocycles. The minimum Gasteiger partial charge on any atom is -0.377 e. The number of likely N-dealkylation sites (tertiary alicyclic amines) is 1. The van der Waals surface area contributed by atoms with Crippen molar-refractivity contribution in [3.05, 3.63) is 0 Å². The number of nitrogens with zero attached hydrogens (tertiary/aromatic N) is 1. The molecule has 1 aliphatic heterocycles. The molecule has 4 unspecified atom stereocenters. The normalized spacial score (nSPS) is 29.0. The topological polar surface area (TPSA) is 76.8 Å². The van der Waals surface area contributed by atoms with Crippen LogP contribution < -0.4 is 11.3 Å². The number of ether oxygens (including phenoxy) is 2. The lowest BCUT2D eigenvalue weighted by Gasteiger charge is -2.28. The maximum atomic E-state index is 11.5. The van der Waals surface area contributed by atoms with E-state index in [1.165, 1.54) is 0 Å². The summed E-state index contributed by atoms with van der Waals surface area (Å²) in [6.45, 7) is 5.44. The molecule has 6 nitrogen and oxygen atoms in total. The number of nitrogens with two attached hydrogens (primary N) is 1. The highest BCUT2D eigenvalue weighted by atomic mass is 16.5. The average molecular weight is 245 g/mol. The van der Waals surface area contributed by atoms with E-state index in [4.69, 9.17) is 15.3 Å². The van der Waals surface area contributed by atoms with E-state index in [9.17, 15) is 4.79 Å². The summed E-state index contributed by atoms with van der Waals surface area (Å²) in [4.78, 5) is 13.7. The molecule has 6 heteroatoms. The Labute approximate surface area is 102 Å². The van der Waals surface area contributed by atoms with Crippen molar-refractivity contribution < 1.29 is 14.3 Å². The smallest absolute Gasteiger partial charge is 0.238 e. The Hall–Kier alpha value is -0.690. The minimum absolute atomic E-state index is 0.0654. The highest BCUT2D eigenvalue weighted by Gasteiger charge is 2.37. The van der Waals surface area contributed by atoms with Gasteiger partial charge in [-0.25, -0.2) is 5.84 Å². The van der Waals surface area contributed by atoms with Crippen molar-refractivity contribution in [1.82, 2.24) is 10.3 Å². The van der Waals surface area contributed by atoms with Gasteiger partial charge < -0.3 is 9.47 Å². The number of rotatable bonds is 5. The SMILES string of the molecule is COC1CN(C(C)C(C)C(=O)NN)CC1OC. The molecule has 0 bridgehead atoms. The highest BCUT2D eigenvalue weighted by Crippen LogP contribution is 2.21. The van der Waals surface area contributed by atoms with Crippen LogP contribution in [0.3, 0.4) is 0 Å². The van der Waals surface area contributed by atoms with E-state index in [0.717, 1.165) is 13.1 Å². The molecule has 17 heavy (non-hydrogen) atoms. The third kappa shape index (κ3) is 3.16. The average Bonchev–Trinajstić information content (AvgIpc) is 2.78. The Morgan fingerprint density at radius 1 is 1.29 bits per heavy atom. The van der Waals surface area contributed by atoms with E-state index in [0.29, 0.717) is 0 Å². The number of hydrogen-bond donors (Lipinski definition) is 2. The largest absolute Gasteiger partial charge is 0.377 e. The number of methoxy groups -OCH3 is 2. The highest BCUT2D eigenvalue weighted by molar-refractivity contribution is 5.78. The van der Waals surface area contributed by atoms with Gasteiger partial charge in [-0.1, -0.05) is 6.92 Å². The van der Waals surface area contributed by atoms with Crippen LogP contribution in [0.15, 0.2) is 0 Å². The molecule has 1 saturated heterocycles. The van der Waals surface area contributed by atoms with E-state index in [1.807, 2.05) is 13.8 Å². The zero-order valence-corrected chi connectivity index (χ0v) is 11.0. The van der Waals surface area contributed by atoms with Gasteiger partial charge in [0.15, 0.2) is 0 Å². The lowest BCUT2D eigenvalue weighted by molar-refractivity contribution is -0.126. The Morgan fingerprint density at radius 3 is 2.12 bits per heavy atom. The van der Waals surface area contributed by atoms with Gasteiger partial charge in [0.25, 0.3) is 0 Å². The van der Waals surface area contributed by atoms with Crippen molar-refractivity contribution in [3.63, 3.8) is 0 Å². The van der Waals surface area contributed by atoms with Gasteiger partial charge >= 0.3 is 0 Å². The number of amides is 1. The van der Waals surface area contributed by atoms with Gasteiger partial charge in [-0.05, 0) is 6.92 Å². The van der Waals surface area contributed by atoms with E-state index in [1.54, 1.807) is 14.2 Å². The molecule has 3 N–H and O–H groups in total. The molecule has 0 aromatic heterocycles. The van der Waals surface area contributed by atoms with Crippen molar-refractivity contribution in [2.45, 2.75) is 32.1 Å². The molecule has 0 aromatic carbocycles. The maximum Gasteiger partial charge on any atom is 0.238 e. The second-order valence-electron chi connectivity index (χ2n) is 4.54. The first-order valence-electron chi connectivity index (χ1n) is 5.85. The monoisotopic (exact) mass is 245 g/mol. The Balaban J connectivity index is 2.60. The summed E-state index contributed by atoms with van der Waals surface area (Å²) in [7, 11) is 3.36. The van der Waals surface area contributed by atoms with Crippen LogP contribution in [-0.4, -0.2) is 56.4 Å². The Kier molecular flexibility index (Phi) is 5.32.